The van der Waals surface area contributed by atoms with E-state index in [1.54, 1.807) is 18.2 Å². The third kappa shape index (κ3) is 4.23. The third-order valence-electron chi connectivity index (χ3n) is 5.01. The van der Waals surface area contributed by atoms with Crippen LogP contribution in [0.25, 0.3) is 0 Å². The first kappa shape index (κ1) is 17.6. The summed E-state index contributed by atoms with van der Waals surface area (Å²) >= 11 is 0. The monoisotopic (exact) mass is 343 g/mol. The van der Waals surface area contributed by atoms with Crippen molar-refractivity contribution in [2.24, 2.45) is 0 Å². The Morgan fingerprint density at radius 1 is 1.24 bits per heavy atom. The van der Waals surface area contributed by atoms with E-state index in [1.807, 2.05) is 4.90 Å². The van der Waals surface area contributed by atoms with E-state index in [9.17, 15) is 4.79 Å². The predicted octanol–water partition coefficient (Wildman–Crippen LogP) is 2.03. The lowest BCUT2D eigenvalue weighted by molar-refractivity contribution is -0.134. The van der Waals surface area contributed by atoms with Crippen LogP contribution in [-0.2, 0) is 4.79 Å². The average molecular weight is 343 g/mol. The molecule has 0 aromatic heterocycles. The van der Waals surface area contributed by atoms with Crippen LogP contribution in [0.2, 0.25) is 0 Å². The van der Waals surface area contributed by atoms with Crippen molar-refractivity contribution in [2.45, 2.75) is 31.7 Å². The summed E-state index contributed by atoms with van der Waals surface area (Å²) in [4.78, 5) is 17.0. The molecular formula is C19H25N3O3. The van der Waals surface area contributed by atoms with E-state index in [0.29, 0.717) is 23.1 Å². The second-order valence-electron chi connectivity index (χ2n) is 6.66. The summed E-state index contributed by atoms with van der Waals surface area (Å²) < 4.78 is 10.9. The number of rotatable bonds is 6. The number of carbonyl (C=O) groups excluding carboxylic acids is 1. The number of nitrogens with zero attached hydrogens (tertiary/aromatic N) is 3. The Labute approximate surface area is 148 Å². The Morgan fingerprint density at radius 3 is 2.76 bits per heavy atom. The Balaban J connectivity index is 1.57. The standard InChI is InChI=1S/C19H25N3O3/c1-24-18-11-15(12-20)6-7-17(18)25-14-19(23)22-10-4-5-16(22)13-21-8-2-3-9-21/h6-7,11,16H,2-5,8-10,13-14H2,1H3/t16-/m0/s1. The summed E-state index contributed by atoms with van der Waals surface area (Å²) in [5.41, 5.74) is 0.501. The van der Waals surface area contributed by atoms with Gasteiger partial charge >= 0.3 is 0 Å². The number of hydrogen-bond donors (Lipinski definition) is 0. The molecule has 0 spiro atoms. The van der Waals surface area contributed by atoms with Gasteiger partial charge < -0.3 is 19.3 Å². The molecule has 2 heterocycles. The third-order valence-corrected chi connectivity index (χ3v) is 5.01. The molecule has 1 aromatic carbocycles. The van der Waals surface area contributed by atoms with Crippen molar-refractivity contribution < 1.29 is 14.3 Å². The Bertz CT molecular complexity index is 650. The molecule has 2 fully saturated rings. The smallest absolute Gasteiger partial charge is 0.260 e. The van der Waals surface area contributed by atoms with Gasteiger partial charge in [-0.1, -0.05) is 0 Å². The van der Waals surface area contributed by atoms with Crippen molar-refractivity contribution in [3.8, 4) is 17.6 Å². The van der Waals surface area contributed by atoms with E-state index in [-0.39, 0.29) is 12.5 Å². The highest BCUT2D eigenvalue weighted by Crippen LogP contribution is 2.28. The molecular weight excluding hydrogens is 318 g/mol. The number of amides is 1. The zero-order chi connectivity index (χ0) is 17.6. The molecule has 0 radical (unpaired) electrons. The van der Waals surface area contributed by atoms with Gasteiger partial charge in [-0.3, -0.25) is 4.79 Å². The second kappa shape index (κ2) is 8.21. The van der Waals surface area contributed by atoms with Gasteiger partial charge in [-0.25, -0.2) is 0 Å². The topological polar surface area (TPSA) is 65.8 Å². The normalized spacial score (nSPS) is 20.5. The first-order chi connectivity index (χ1) is 12.2. The van der Waals surface area contributed by atoms with Gasteiger partial charge in [-0.05, 0) is 50.9 Å². The van der Waals surface area contributed by atoms with Crippen LogP contribution in [0.4, 0.5) is 0 Å². The number of likely N-dealkylation sites (tertiary alicyclic amines) is 2. The van der Waals surface area contributed by atoms with Crippen LogP contribution in [0.1, 0.15) is 31.2 Å². The van der Waals surface area contributed by atoms with Gasteiger partial charge in [0.15, 0.2) is 18.1 Å². The molecule has 1 aromatic rings. The summed E-state index contributed by atoms with van der Waals surface area (Å²) in [5.74, 6) is 0.986. The van der Waals surface area contributed by atoms with Crippen molar-refractivity contribution in [3.05, 3.63) is 23.8 Å². The van der Waals surface area contributed by atoms with Crippen LogP contribution in [0, 0.1) is 11.3 Å². The van der Waals surface area contributed by atoms with Gasteiger partial charge in [0, 0.05) is 25.2 Å². The lowest BCUT2D eigenvalue weighted by Crippen LogP contribution is -2.44. The van der Waals surface area contributed by atoms with Crippen LogP contribution in [0.5, 0.6) is 11.5 Å². The zero-order valence-corrected chi connectivity index (χ0v) is 14.7. The van der Waals surface area contributed by atoms with Crippen molar-refractivity contribution in [1.29, 1.82) is 5.26 Å². The lowest BCUT2D eigenvalue weighted by atomic mass is 10.2. The fraction of sp³-hybridized carbons (Fsp3) is 0.579. The highest BCUT2D eigenvalue weighted by atomic mass is 16.5. The molecule has 2 aliphatic rings. The van der Waals surface area contributed by atoms with Gasteiger partial charge in [0.1, 0.15) is 0 Å². The minimum absolute atomic E-state index is 0.00123. The van der Waals surface area contributed by atoms with Crippen LogP contribution in [0.15, 0.2) is 18.2 Å². The van der Waals surface area contributed by atoms with E-state index < -0.39 is 0 Å². The predicted molar refractivity (Wildman–Crippen MR) is 93.6 cm³/mol. The molecule has 3 rings (SSSR count). The summed E-state index contributed by atoms with van der Waals surface area (Å²) in [6.45, 7) is 4.09. The Hall–Kier alpha value is -2.26. The maximum absolute atomic E-state index is 12.6. The van der Waals surface area contributed by atoms with E-state index in [2.05, 4.69) is 11.0 Å². The Kier molecular flexibility index (Phi) is 5.77. The van der Waals surface area contributed by atoms with Gasteiger partial charge in [-0.2, -0.15) is 5.26 Å². The quantitative estimate of drug-likeness (QED) is 0.791. The highest BCUT2D eigenvalue weighted by molar-refractivity contribution is 5.78. The number of hydrogen-bond acceptors (Lipinski definition) is 5. The molecule has 1 amide bonds. The molecule has 2 aliphatic heterocycles. The maximum Gasteiger partial charge on any atom is 0.260 e. The molecule has 6 heteroatoms. The van der Waals surface area contributed by atoms with Crippen LogP contribution in [0.3, 0.4) is 0 Å². The summed E-state index contributed by atoms with van der Waals surface area (Å²) in [7, 11) is 1.53. The largest absolute Gasteiger partial charge is 0.493 e. The number of ether oxygens (including phenoxy) is 2. The molecule has 0 aliphatic carbocycles. The van der Waals surface area contributed by atoms with E-state index in [0.717, 1.165) is 39.0 Å². The van der Waals surface area contributed by atoms with Gasteiger partial charge in [0.05, 0.1) is 18.7 Å². The summed E-state index contributed by atoms with van der Waals surface area (Å²) in [5, 5.41) is 8.95. The molecule has 134 valence electrons. The fourth-order valence-electron chi connectivity index (χ4n) is 3.70. The van der Waals surface area contributed by atoms with Crippen molar-refractivity contribution >= 4 is 5.91 Å². The van der Waals surface area contributed by atoms with Crippen LogP contribution < -0.4 is 9.47 Å². The molecule has 1 atom stereocenters. The minimum Gasteiger partial charge on any atom is -0.493 e. The minimum atomic E-state index is -0.00123. The molecule has 6 nitrogen and oxygen atoms in total. The van der Waals surface area contributed by atoms with Gasteiger partial charge in [0.2, 0.25) is 0 Å². The number of methoxy groups -OCH3 is 1. The lowest BCUT2D eigenvalue weighted by Gasteiger charge is -2.28. The van der Waals surface area contributed by atoms with Crippen molar-refractivity contribution in [2.75, 3.05) is 39.9 Å². The van der Waals surface area contributed by atoms with Gasteiger partial charge in [0.25, 0.3) is 5.91 Å². The number of carbonyl (C=O) groups is 1. The maximum atomic E-state index is 12.6. The Morgan fingerprint density at radius 2 is 2.04 bits per heavy atom. The average Bonchev–Trinajstić information content (AvgIpc) is 3.32. The molecule has 0 bridgehead atoms. The molecule has 0 N–H and O–H groups in total. The first-order valence-corrected chi connectivity index (χ1v) is 8.94. The summed E-state index contributed by atoms with van der Waals surface area (Å²) in [6, 6.07) is 7.32. The number of benzene rings is 1. The fourth-order valence-corrected chi connectivity index (χ4v) is 3.70. The zero-order valence-electron chi connectivity index (χ0n) is 14.7. The summed E-state index contributed by atoms with van der Waals surface area (Å²) in [6.07, 6.45) is 4.66. The van der Waals surface area contributed by atoms with Crippen LogP contribution in [-0.4, -0.2) is 61.6 Å². The molecule has 2 saturated heterocycles. The van der Waals surface area contributed by atoms with Crippen LogP contribution >= 0.6 is 0 Å². The van der Waals surface area contributed by atoms with E-state index in [1.165, 1.54) is 20.0 Å². The van der Waals surface area contributed by atoms with Gasteiger partial charge in [-0.15, -0.1) is 0 Å². The first-order valence-electron chi connectivity index (χ1n) is 8.94. The molecule has 25 heavy (non-hydrogen) atoms. The van der Waals surface area contributed by atoms with E-state index in [4.69, 9.17) is 14.7 Å². The van der Waals surface area contributed by atoms with Crippen molar-refractivity contribution in [1.82, 2.24) is 9.80 Å². The second-order valence-corrected chi connectivity index (χ2v) is 6.66. The number of nitriles is 1. The highest BCUT2D eigenvalue weighted by Gasteiger charge is 2.31. The molecule has 0 unspecified atom stereocenters. The SMILES string of the molecule is COc1cc(C#N)ccc1OCC(=O)N1CCC[C@H]1CN1CCCC1. The van der Waals surface area contributed by atoms with Crippen molar-refractivity contribution in [3.63, 3.8) is 0 Å². The molecule has 0 saturated carbocycles. The van der Waals surface area contributed by atoms with E-state index >= 15 is 0 Å².